The Labute approximate surface area is 99.5 Å². The summed E-state index contributed by atoms with van der Waals surface area (Å²) in [5.74, 6) is -5.84. The zero-order chi connectivity index (χ0) is 10.3. The van der Waals surface area contributed by atoms with Crippen molar-refractivity contribution in [3.63, 3.8) is 0 Å². The number of rotatable bonds is 1. The summed E-state index contributed by atoms with van der Waals surface area (Å²) >= 11 is 28.7. The lowest BCUT2D eigenvalue weighted by Gasteiger charge is -2.19. The monoisotopic (exact) mass is 341 g/mol. The van der Waals surface area contributed by atoms with Crippen LogP contribution in [0.15, 0.2) is 13.5 Å². The van der Waals surface area contributed by atoms with Gasteiger partial charge in [-0.25, -0.2) is 0 Å². The van der Waals surface area contributed by atoms with Gasteiger partial charge in [-0.05, 0) is 56.2 Å². The average molecular weight is 343 g/mol. The third kappa shape index (κ3) is 3.87. The van der Waals surface area contributed by atoms with Gasteiger partial charge in [0.15, 0.2) is 0 Å². The smallest absolute Gasteiger partial charge is 0.299 e. The summed E-state index contributed by atoms with van der Waals surface area (Å²) in [6.07, 6.45) is 0. The van der Waals surface area contributed by atoms with E-state index >= 15 is 0 Å². The molecule has 0 spiro atoms. The number of halogens is 5. The van der Waals surface area contributed by atoms with Crippen molar-refractivity contribution in [3.05, 3.63) is 0 Å². The van der Waals surface area contributed by atoms with E-state index in [2.05, 4.69) is 13.5 Å². The first-order chi connectivity index (χ1) is 5.68. The van der Waals surface area contributed by atoms with E-state index in [9.17, 15) is 0 Å². The van der Waals surface area contributed by atoms with Gasteiger partial charge >= 0.3 is 0 Å². The Bertz CT molecular complexity index is 369. The standard InChI is InChI=1S/CH3Cl5N3OP3/c1-10-13(6)8-11(2,3)7-12(4,5)9-13/h1H3. The first-order valence-corrected chi connectivity index (χ1v) is 12.2. The van der Waals surface area contributed by atoms with Gasteiger partial charge in [-0.2, -0.15) is 13.5 Å². The van der Waals surface area contributed by atoms with E-state index in [1.807, 2.05) is 0 Å². The zero-order valence-corrected chi connectivity index (χ0v) is 12.4. The Morgan fingerprint density at radius 2 is 1.31 bits per heavy atom. The van der Waals surface area contributed by atoms with Crippen molar-refractivity contribution in [1.82, 2.24) is 0 Å². The molecule has 0 saturated carbocycles. The molecule has 0 saturated heterocycles. The molecular formula is CH3Cl5N3OP3. The summed E-state index contributed by atoms with van der Waals surface area (Å²) in [5, 5.41) is 0. The van der Waals surface area contributed by atoms with Crippen LogP contribution in [0, 0.1) is 0 Å². The van der Waals surface area contributed by atoms with Crippen molar-refractivity contribution in [2.45, 2.75) is 0 Å². The van der Waals surface area contributed by atoms with Gasteiger partial charge in [0, 0.05) is 7.11 Å². The van der Waals surface area contributed by atoms with Gasteiger partial charge in [0.25, 0.3) is 18.6 Å². The van der Waals surface area contributed by atoms with Crippen molar-refractivity contribution in [2.75, 3.05) is 7.11 Å². The molecule has 1 aliphatic heterocycles. The van der Waals surface area contributed by atoms with Crippen molar-refractivity contribution >= 4 is 74.8 Å². The Morgan fingerprint density at radius 1 is 0.846 bits per heavy atom. The van der Waals surface area contributed by atoms with E-state index in [4.69, 9.17) is 60.7 Å². The van der Waals surface area contributed by atoms with E-state index in [-0.39, 0.29) is 0 Å². The van der Waals surface area contributed by atoms with Crippen LogP contribution >= 0.6 is 74.8 Å². The lowest BCUT2D eigenvalue weighted by molar-refractivity contribution is 0.465. The van der Waals surface area contributed by atoms with Crippen LogP contribution in [0.3, 0.4) is 0 Å². The largest absolute Gasteiger partial charge is 0.319 e. The van der Waals surface area contributed by atoms with Gasteiger partial charge < -0.3 is 4.52 Å². The van der Waals surface area contributed by atoms with Crippen LogP contribution < -0.4 is 0 Å². The molecular weight excluding hydrogens is 340 g/mol. The van der Waals surface area contributed by atoms with Crippen molar-refractivity contribution < 1.29 is 4.52 Å². The second-order valence-corrected chi connectivity index (χ2v) is 15.1. The highest BCUT2D eigenvalue weighted by Gasteiger charge is 2.32. The molecule has 1 aliphatic rings. The number of hydrogen-bond donors (Lipinski definition) is 0. The maximum Gasteiger partial charge on any atom is 0.299 e. The van der Waals surface area contributed by atoms with Gasteiger partial charge in [0.2, 0.25) is 0 Å². The maximum atomic E-state index is 5.84. The first-order valence-electron chi connectivity index (χ1n) is 2.64. The Kier molecular flexibility index (Phi) is 4.22. The predicted octanol–water partition coefficient (Wildman–Crippen LogP) is 6.68. The van der Waals surface area contributed by atoms with E-state index in [0.717, 1.165) is 0 Å². The van der Waals surface area contributed by atoms with E-state index < -0.39 is 18.6 Å². The molecule has 0 aromatic heterocycles. The Morgan fingerprint density at radius 3 is 1.69 bits per heavy atom. The highest BCUT2D eigenvalue weighted by Crippen LogP contribution is 2.86. The molecule has 12 heteroatoms. The molecule has 0 bridgehead atoms. The molecule has 0 amide bonds. The van der Waals surface area contributed by atoms with Gasteiger partial charge in [-0.3, -0.25) is 0 Å². The average Bonchev–Trinajstić information content (AvgIpc) is 1.79. The van der Waals surface area contributed by atoms with Crippen molar-refractivity contribution in [3.8, 4) is 0 Å². The van der Waals surface area contributed by atoms with Crippen LogP contribution in [-0.2, 0) is 4.52 Å². The molecule has 4 nitrogen and oxygen atoms in total. The molecule has 0 aromatic rings. The minimum absolute atomic E-state index is 1.33. The summed E-state index contributed by atoms with van der Waals surface area (Å²) in [6.45, 7) is -2.89. The van der Waals surface area contributed by atoms with E-state index in [1.165, 1.54) is 7.11 Å². The lowest BCUT2D eigenvalue weighted by Crippen LogP contribution is -1.74. The van der Waals surface area contributed by atoms with Gasteiger partial charge in [0.1, 0.15) is 0 Å². The minimum Gasteiger partial charge on any atom is -0.319 e. The summed E-state index contributed by atoms with van der Waals surface area (Å²) in [6, 6.07) is 0. The summed E-state index contributed by atoms with van der Waals surface area (Å²) in [5.41, 5.74) is 0. The second-order valence-electron chi connectivity index (χ2n) is 1.84. The fourth-order valence-electron chi connectivity index (χ4n) is 0.522. The fraction of sp³-hybridized carbons (Fsp3) is 1.00. The molecule has 0 N–H and O–H groups in total. The minimum atomic E-state index is -2.92. The number of hydrogen-bond acceptors (Lipinski definition) is 4. The SMILES string of the molecule is COP1(Cl)=NP(Cl)(Cl)=NP(Cl)(Cl)=N1. The number of nitrogens with zero attached hydrogens (tertiary/aromatic N) is 3. The van der Waals surface area contributed by atoms with Crippen LogP contribution in [-0.4, -0.2) is 7.11 Å². The summed E-state index contributed by atoms with van der Waals surface area (Å²) in [4.78, 5) is 0. The summed E-state index contributed by atoms with van der Waals surface area (Å²) in [7, 11) is 1.33. The molecule has 1 rings (SSSR count). The Balaban J connectivity index is 3.44. The molecule has 0 aliphatic carbocycles. The molecule has 1 unspecified atom stereocenters. The topological polar surface area (TPSA) is 46.3 Å². The second kappa shape index (κ2) is 4.17. The van der Waals surface area contributed by atoms with E-state index in [0.29, 0.717) is 0 Å². The first kappa shape index (κ1) is 13.2. The van der Waals surface area contributed by atoms with Crippen LogP contribution in [0.4, 0.5) is 0 Å². The highest BCUT2D eigenvalue weighted by molar-refractivity contribution is 8.22. The third-order valence-corrected chi connectivity index (χ3v) is 13.1. The molecule has 1 atom stereocenters. The molecule has 13 heavy (non-hydrogen) atoms. The highest BCUT2D eigenvalue weighted by atomic mass is 35.9. The Hall–Kier alpha value is 2.10. The van der Waals surface area contributed by atoms with Crippen molar-refractivity contribution in [1.29, 1.82) is 0 Å². The maximum absolute atomic E-state index is 5.84. The van der Waals surface area contributed by atoms with Gasteiger partial charge in [0.05, 0.1) is 0 Å². The molecule has 1 heterocycles. The molecule has 0 fully saturated rings. The van der Waals surface area contributed by atoms with Crippen LogP contribution in [0.2, 0.25) is 0 Å². The molecule has 78 valence electrons. The third-order valence-electron chi connectivity index (χ3n) is 0.883. The zero-order valence-electron chi connectivity index (χ0n) is 5.98. The van der Waals surface area contributed by atoms with Crippen LogP contribution in [0.25, 0.3) is 0 Å². The normalized spacial score (nSPS) is 35.5. The fourth-order valence-corrected chi connectivity index (χ4v) is 16.7. The van der Waals surface area contributed by atoms with Crippen LogP contribution in [0.1, 0.15) is 0 Å². The molecule has 0 radical (unpaired) electrons. The lowest BCUT2D eigenvalue weighted by atomic mass is 11.8. The van der Waals surface area contributed by atoms with Crippen LogP contribution in [0.5, 0.6) is 0 Å². The predicted molar refractivity (Wildman–Crippen MR) is 64.3 cm³/mol. The van der Waals surface area contributed by atoms with Gasteiger partial charge in [-0.15, -0.1) is 0 Å². The molecule has 0 aromatic carbocycles. The van der Waals surface area contributed by atoms with Gasteiger partial charge in [-0.1, -0.05) is 0 Å². The van der Waals surface area contributed by atoms with E-state index in [1.54, 1.807) is 0 Å². The summed E-state index contributed by atoms with van der Waals surface area (Å²) < 4.78 is 16.1. The van der Waals surface area contributed by atoms with Crippen molar-refractivity contribution in [2.24, 2.45) is 13.5 Å². The quantitative estimate of drug-likeness (QED) is 0.490.